The summed E-state index contributed by atoms with van der Waals surface area (Å²) in [7, 11) is -1.82. The van der Waals surface area contributed by atoms with E-state index in [1.807, 2.05) is 11.3 Å². The molecule has 5 aromatic rings. The van der Waals surface area contributed by atoms with Gasteiger partial charge in [-0.05, 0) is 57.8 Å². The summed E-state index contributed by atoms with van der Waals surface area (Å²) in [6.45, 7) is 10.0. The van der Waals surface area contributed by atoms with Gasteiger partial charge in [0.25, 0.3) is 6.71 Å². The molecule has 0 fully saturated rings. The Bertz CT molecular complexity index is 1550. The minimum absolute atomic E-state index is 0.356. The fourth-order valence-electron chi connectivity index (χ4n) is 6.25. The van der Waals surface area contributed by atoms with Crippen LogP contribution in [-0.4, -0.2) is 19.4 Å². The molecule has 0 aliphatic carbocycles. The lowest BCUT2D eigenvalue weighted by Crippen LogP contribution is -2.76. The number of nitrogens with zero attached hydrogens (tertiary/aromatic N) is 1. The van der Waals surface area contributed by atoms with E-state index in [0.29, 0.717) is 6.71 Å². The molecule has 1 nitrogen and oxygen atoms in total. The van der Waals surface area contributed by atoms with Gasteiger partial charge in [0.2, 0.25) is 0 Å². The van der Waals surface area contributed by atoms with Gasteiger partial charge in [-0.2, -0.15) is 0 Å². The highest BCUT2D eigenvalue weighted by atomic mass is 32.1. The van der Waals surface area contributed by atoms with Crippen molar-refractivity contribution in [3.05, 3.63) is 71.9 Å². The Hall–Kier alpha value is -2.56. The molecule has 2 aromatic heterocycles. The Morgan fingerprint density at radius 3 is 2.50 bits per heavy atom. The average Bonchev–Trinajstić information content (AvgIpc) is 3.26. The summed E-state index contributed by atoms with van der Waals surface area (Å²) >= 11 is 2.04. The number of aryl methyl sites for hydroxylation is 1. The monoisotopic (exact) mass is 419 g/mol. The number of hydrogen-bond donors (Lipinski definition) is 0. The van der Waals surface area contributed by atoms with Crippen LogP contribution >= 0.6 is 11.3 Å². The Morgan fingerprint density at radius 1 is 0.867 bits per heavy atom. The zero-order chi connectivity index (χ0) is 20.4. The number of aromatic nitrogens is 1. The van der Waals surface area contributed by atoms with E-state index in [9.17, 15) is 0 Å². The van der Waals surface area contributed by atoms with Gasteiger partial charge in [0.15, 0.2) is 0 Å². The molecule has 30 heavy (non-hydrogen) atoms. The van der Waals surface area contributed by atoms with Crippen LogP contribution in [0.4, 0.5) is 0 Å². The largest absolute Gasteiger partial charge is 0.315 e. The van der Waals surface area contributed by atoms with E-state index in [0.717, 1.165) is 0 Å². The minimum atomic E-state index is -1.82. The standard InChI is InChI=1S/C26H22BNSSi/c1-15-16(2)28-20-12-8-14-22-23(20)27(19-11-7-10-17(15)24(19)28)26-25(30(22,3)4)18-9-5-6-13-21(18)29-26/h5-14H,1-4H3. The predicted molar refractivity (Wildman–Crippen MR) is 136 cm³/mol. The first-order valence-electron chi connectivity index (χ1n) is 10.8. The van der Waals surface area contributed by atoms with E-state index >= 15 is 0 Å². The van der Waals surface area contributed by atoms with Gasteiger partial charge >= 0.3 is 0 Å². The van der Waals surface area contributed by atoms with E-state index < -0.39 is 8.07 Å². The van der Waals surface area contributed by atoms with Crippen LogP contribution in [-0.2, 0) is 0 Å². The van der Waals surface area contributed by atoms with Crippen LogP contribution in [0.15, 0.2) is 60.7 Å². The van der Waals surface area contributed by atoms with Gasteiger partial charge in [-0.3, -0.25) is 0 Å². The number of thiophene rings is 1. The molecular weight excluding hydrogens is 397 g/mol. The fraction of sp³-hybridized carbons (Fsp3) is 0.154. The van der Waals surface area contributed by atoms with E-state index in [-0.39, 0.29) is 0 Å². The summed E-state index contributed by atoms with van der Waals surface area (Å²) in [6, 6.07) is 23.1. The van der Waals surface area contributed by atoms with Crippen LogP contribution in [0.25, 0.3) is 26.7 Å². The molecule has 0 unspecified atom stereocenters. The Labute approximate surface area is 182 Å². The second-order valence-corrected chi connectivity index (χ2v) is 14.8. The van der Waals surface area contributed by atoms with E-state index in [1.54, 1.807) is 20.6 Å². The van der Waals surface area contributed by atoms with E-state index in [2.05, 4.69) is 92.2 Å². The molecule has 0 saturated carbocycles. The van der Waals surface area contributed by atoms with Crippen molar-refractivity contribution in [1.82, 2.24) is 4.57 Å². The SMILES string of the molecule is Cc1c(C)n2c3c(cccc13)B1c3sc4ccccc4c3[Si](C)(C)c3cccc-2c31. The van der Waals surface area contributed by atoms with Gasteiger partial charge in [0.1, 0.15) is 8.07 Å². The van der Waals surface area contributed by atoms with Gasteiger partial charge in [-0.25, -0.2) is 0 Å². The van der Waals surface area contributed by atoms with Crippen molar-refractivity contribution in [3.8, 4) is 5.69 Å². The van der Waals surface area contributed by atoms with Gasteiger partial charge in [0.05, 0.1) is 0 Å². The van der Waals surface area contributed by atoms with Crippen molar-refractivity contribution in [3.63, 3.8) is 0 Å². The van der Waals surface area contributed by atoms with Crippen LogP contribution in [0, 0.1) is 13.8 Å². The maximum atomic E-state index is 2.56. The van der Waals surface area contributed by atoms with Crippen LogP contribution in [0.5, 0.6) is 0 Å². The first-order chi connectivity index (χ1) is 14.5. The van der Waals surface area contributed by atoms with Gasteiger partial charge in [0, 0.05) is 27.0 Å². The van der Waals surface area contributed by atoms with Crippen molar-refractivity contribution in [2.75, 3.05) is 0 Å². The second kappa shape index (κ2) is 5.37. The number of rotatable bonds is 0. The van der Waals surface area contributed by atoms with Crippen molar-refractivity contribution in [2.24, 2.45) is 0 Å². The molecule has 144 valence electrons. The number of para-hydroxylation sites is 1. The molecule has 2 aliphatic heterocycles. The molecule has 4 heterocycles. The third-order valence-electron chi connectivity index (χ3n) is 7.68. The van der Waals surface area contributed by atoms with Crippen LogP contribution in [0.3, 0.4) is 0 Å². The highest BCUT2D eigenvalue weighted by Crippen LogP contribution is 2.32. The van der Waals surface area contributed by atoms with Crippen LogP contribution in [0.1, 0.15) is 11.3 Å². The van der Waals surface area contributed by atoms with Gasteiger partial charge in [-0.1, -0.05) is 66.8 Å². The summed E-state index contributed by atoms with van der Waals surface area (Å²) in [5, 5.41) is 6.19. The smallest absolute Gasteiger partial charge is 0.258 e. The molecule has 0 spiro atoms. The first-order valence-corrected chi connectivity index (χ1v) is 14.6. The molecule has 7 rings (SSSR count). The van der Waals surface area contributed by atoms with Crippen LogP contribution in [0.2, 0.25) is 13.1 Å². The lowest BCUT2D eigenvalue weighted by molar-refractivity contribution is 1.05. The Balaban J connectivity index is 1.74. The number of benzene rings is 3. The van der Waals surface area contributed by atoms with Crippen molar-refractivity contribution in [1.29, 1.82) is 0 Å². The zero-order valence-corrected chi connectivity index (χ0v) is 19.5. The first kappa shape index (κ1) is 17.2. The number of fused-ring (bicyclic) bond motifs is 6. The van der Waals surface area contributed by atoms with Crippen molar-refractivity contribution < 1.29 is 0 Å². The van der Waals surface area contributed by atoms with Gasteiger partial charge < -0.3 is 4.57 Å². The maximum absolute atomic E-state index is 2.56. The lowest BCUT2D eigenvalue weighted by atomic mass is 9.38. The summed E-state index contributed by atoms with van der Waals surface area (Å²) < 4.78 is 5.60. The summed E-state index contributed by atoms with van der Waals surface area (Å²) in [4.78, 5) is 0. The van der Waals surface area contributed by atoms with Crippen molar-refractivity contribution >= 4 is 73.2 Å². The fourth-order valence-corrected chi connectivity index (χ4v) is 11.9. The topological polar surface area (TPSA) is 4.93 Å². The molecular formula is C26H22BNSSi. The van der Waals surface area contributed by atoms with E-state index in [1.165, 1.54) is 43.4 Å². The third-order valence-corrected chi connectivity index (χ3v) is 12.7. The molecule has 0 N–H and O–H groups in total. The quantitative estimate of drug-likeness (QED) is 0.333. The Kier molecular flexibility index (Phi) is 3.07. The molecule has 3 aromatic carbocycles. The highest BCUT2D eigenvalue weighted by Gasteiger charge is 2.47. The van der Waals surface area contributed by atoms with Crippen LogP contribution < -0.4 is 26.1 Å². The molecule has 0 atom stereocenters. The predicted octanol–water partition coefficient (Wildman–Crippen LogP) is 3.43. The molecule has 0 amide bonds. The third kappa shape index (κ3) is 1.78. The maximum Gasteiger partial charge on any atom is 0.258 e. The minimum Gasteiger partial charge on any atom is -0.315 e. The van der Waals surface area contributed by atoms with Crippen molar-refractivity contribution in [2.45, 2.75) is 26.9 Å². The normalized spacial score (nSPS) is 15.5. The Morgan fingerprint density at radius 2 is 1.63 bits per heavy atom. The molecule has 0 saturated heterocycles. The van der Waals surface area contributed by atoms with Gasteiger partial charge in [-0.15, -0.1) is 11.3 Å². The van der Waals surface area contributed by atoms with E-state index in [4.69, 9.17) is 0 Å². The molecule has 4 heteroatoms. The summed E-state index contributed by atoms with van der Waals surface area (Å²) in [5.41, 5.74) is 8.69. The number of hydrogen-bond acceptors (Lipinski definition) is 1. The highest BCUT2D eigenvalue weighted by molar-refractivity contribution is 7.37. The second-order valence-electron chi connectivity index (χ2n) is 9.42. The summed E-state index contributed by atoms with van der Waals surface area (Å²) in [6.07, 6.45) is 0. The zero-order valence-electron chi connectivity index (χ0n) is 17.7. The lowest BCUT2D eigenvalue weighted by Gasteiger charge is -2.39. The average molecular weight is 419 g/mol. The summed E-state index contributed by atoms with van der Waals surface area (Å²) in [5.74, 6) is 0. The molecule has 0 bridgehead atoms. The molecule has 0 radical (unpaired) electrons. The molecule has 2 aliphatic rings.